The van der Waals surface area contributed by atoms with Crippen LogP contribution in [-0.4, -0.2) is 34.1 Å². The lowest BCUT2D eigenvalue weighted by molar-refractivity contribution is 0.150. The molecular weight excluding hydrogens is 272 g/mol. The van der Waals surface area contributed by atoms with Crippen LogP contribution in [0.25, 0.3) is 0 Å². The number of imidazole rings is 1. The average Bonchev–Trinajstić information content (AvgIpc) is 2.86. The van der Waals surface area contributed by atoms with Gasteiger partial charge >= 0.3 is 0 Å². The van der Waals surface area contributed by atoms with Gasteiger partial charge in [0.05, 0.1) is 12.0 Å². The molecule has 2 aromatic rings. The van der Waals surface area contributed by atoms with Gasteiger partial charge in [0.15, 0.2) is 0 Å². The van der Waals surface area contributed by atoms with Gasteiger partial charge < -0.3 is 9.88 Å². The van der Waals surface area contributed by atoms with Crippen LogP contribution in [0.1, 0.15) is 17.3 Å². The molecule has 0 spiro atoms. The molecule has 2 heterocycles. The first-order chi connectivity index (χ1) is 9.75. The van der Waals surface area contributed by atoms with Crippen LogP contribution in [0.5, 0.6) is 0 Å². The molecule has 0 radical (unpaired) electrons. The molecule has 1 aliphatic heterocycles. The second-order valence-corrected chi connectivity index (χ2v) is 5.61. The van der Waals surface area contributed by atoms with Gasteiger partial charge in [-0.2, -0.15) is 0 Å². The van der Waals surface area contributed by atoms with E-state index in [0.717, 1.165) is 31.2 Å². The quantitative estimate of drug-likeness (QED) is 0.941. The van der Waals surface area contributed by atoms with Crippen molar-refractivity contribution >= 4 is 11.6 Å². The number of nitrogens with zero attached hydrogens (tertiary/aromatic N) is 3. The summed E-state index contributed by atoms with van der Waals surface area (Å²) in [7, 11) is 2.04. The first-order valence-corrected chi connectivity index (χ1v) is 7.28. The monoisotopic (exact) mass is 290 g/mol. The van der Waals surface area contributed by atoms with Gasteiger partial charge in [-0.25, -0.2) is 4.98 Å². The predicted molar refractivity (Wildman–Crippen MR) is 80.7 cm³/mol. The molecule has 1 atom stereocenters. The van der Waals surface area contributed by atoms with Crippen molar-refractivity contribution in [2.45, 2.75) is 12.6 Å². The number of halogens is 1. The fraction of sp³-hybridized carbons (Fsp3) is 0.400. The number of hydrogen-bond donors (Lipinski definition) is 1. The molecule has 1 saturated heterocycles. The normalized spacial score (nSPS) is 20.2. The summed E-state index contributed by atoms with van der Waals surface area (Å²) in [6.07, 6.45) is 3.79. The summed E-state index contributed by atoms with van der Waals surface area (Å²) < 4.78 is 2.08. The molecule has 1 aromatic heterocycles. The number of benzene rings is 1. The number of hydrogen-bond acceptors (Lipinski definition) is 3. The largest absolute Gasteiger partial charge is 0.337 e. The number of rotatable bonds is 3. The maximum absolute atomic E-state index is 6.36. The molecule has 1 unspecified atom stereocenters. The molecular formula is C15H19ClN4. The van der Waals surface area contributed by atoms with E-state index >= 15 is 0 Å². The minimum absolute atomic E-state index is 0.312. The minimum Gasteiger partial charge on any atom is -0.337 e. The fourth-order valence-corrected chi connectivity index (χ4v) is 2.99. The Morgan fingerprint density at radius 2 is 2.25 bits per heavy atom. The SMILES string of the molecule is Cn1cncc1CN1CCNCC1c1ccccc1Cl. The molecule has 1 aromatic carbocycles. The Morgan fingerprint density at radius 3 is 3.00 bits per heavy atom. The van der Waals surface area contributed by atoms with Crippen LogP contribution in [0, 0.1) is 0 Å². The van der Waals surface area contributed by atoms with E-state index in [9.17, 15) is 0 Å². The second kappa shape index (κ2) is 5.95. The van der Waals surface area contributed by atoms with Gasteiger partial charge in [0.25, 0.3) is 0 Å². The van der Waals surface area contributed by atoms with E-state index in [1.54, 1.807) is 0 Å². The Kier molecular flexibility index (Phi) is 4.05. The minimum atomic E-state index is 0.312. The molecule has 3 rings (SSSR count). The van der Waals surface area contributed by atoms with Crippen LogP contribution in [-0.2, 0) is 13.6 Å². The van der Waals surface area contributed by atoms with E-state index in [1.807, 2.05) is 31.7 Å². The maximum atomic E-state index is 6.36. The number of piperazine rings is 1. The summed E-state index contributed by atoms with van der Waals surface area (Å²) >= 11 is 6.36. The van der Waals surface area contributed by atoms with Crippen molar-refractivity contribution in [3.05, 3.63) is 53.1 Å². The molecule has 0 amide bonds. The molecule has 0 saturated carbocycles. The molecule has 1 fully saturated rings. The number of aromatic nitrogens is 2. The third kappa shape index (κ3) is 2.73. The van der Waals surface area contributed by atoms with Crippen molar-refractivity contribution in [2.24, 2.45) is 7.05 Å². The van der Waals surface area contributed by atoms with Gasteiger partial charge in [0, 0.05) is 50.5 Å². The maximum Gasteiger partial charge on any atom is 0.0945 e. The lowest BCUT2D eigenvalue weighted by Crippen LogP contribution is -2.45. The number of nitrogens with one attached hydrogen (secondary N) is 1. The molecule has 20 heavy (non-hydrogen) atoms. The Hall–Kier alpha value is -1.36. The van der Waals surface area contributed by atoms with Crippen LogP contribution in [0.2, 0.25) is 5.02 Å². The first kappa shape index (κ1) is 13.6. The first-order valence-electron chi connectivity index (χ1n) is 6.90. The van der Waals surface area contributed by atoms with Gasteiger partial charge in [-0.15, -0.1) is 0 Å². The van der Waals surface area contributed by atoms with E-state index in [4.69, 9.17) is 11.6 Å². The molecule has 4 nitrogen and oxygen atoms in total. The summed E-state index contributed by atoms with van der Waals surface area (Å²) in [6, 6.07) is 8.43. The predicted octanol–water partition coefficient (Wildman–Crippen LogP) is 2.22. The lowest BCUT2D eigenvalue weighted by atomic mass is 10.0. The topological polar surface area (TPSA) is 33.1 Å². The van der Waals surface area contributed by atoms with Crippen molar-refractivity contribution in [3.63, 3.8) is 0 Å². The van der Waals surface area contributed by atoms with Crippen LogP contribution in [0.3, 0.4) is 0 Å². The van der Waals surface area contributed by atoms with E-state index in [2.05, 4.69) is 31.9 Å². The van der Waals surface area contributed by atoms with Gasteiger partial charge in [0.2, 0.25) is 0 Å². The standard InChI is InChI=1S/C15H19ClN4/c1-19-11-18-8-12(19)10-20-7-6-17-9-15(20)13-4-2-3-5-14(13)16/h2-5,8,11,15,17H,6-7,9-10H2,1H3. The van der Waals surface area contributed by atoms with Gasteiger partial charge in [-0.05, 0) is 11.6 Å². The molecule has 1 N–H and O–H groups in total. The van der Waals surface area contributed by atoms with Crippen molar-refractivity contribution in [1.82, 2.24) is 19.8 Å². The Bertz CT molecular complexity index is 581. The van der Waals surface area contributed by atoms with E-state index in [1.165, 1.54) is 11.3 Å². The summed E-state index contributed by atoms with van der Waals surface area (Å²) in [6.45, 7) is 3.86. The van der Waals surface area contributed by atoms with Gasteiger partial charge in [-0.3, -0.25) is 4.90 Å². The summed E-state index contributed by atoms with van der Waals surface area (Å²) in [5, 5.41) is 4.31. The smallest absolute Gasteiger partial charge is 0.0945 e. The zero-order chi connectivity index (χ0) is 13.9. The van der Waals surface area contributed by atoms with Crippen LogP contribution in [0.4, 0.5) is 0 Å². The van der Waals surface area contributed by atoms with Crippen molar-refractivity contribution in [1.29, 1.82) is 0 Å². The fourth-order valence-electron chi connectivity index (χ4n) is 2.73. The summed E-state index contributed by atoms with van der Waals surface area (Å²) in [5.41, 5.74) is 2.42. The average molecular weight is 291 g/mol. The van der Waals surface area contributed by atoms with Crippen LogP contribution in [0.15, 0.2) is 36.8 Å². The van der Waals surface area contributed by atoms with E-state index in [0.29, 0.717) is 6.04 Å². The summed E-state index contributed by atoms with van der Waals surface area (Å²) in [4.78, 5) is 6.66. The highest BCUT2D eigenvalue weighted by Gasteiger charge is 2.25. The highest BCUT2D eigenvalue weighted by atomic mass is 35.5. The van der Waals surface area contributed by atoms with Crippen LogP contribution >= 0.6 is 11.6 Å². The molecule has 5 heteroatoms. The van der Waals surface area contributed by atoms with Gasteiger partial charge in [0.1, 0.15) is 0 Å². The van der Waals surface area contributed by atoms with Crippen molar-refractivity contribution < 1.29 is 0 Å². The zero-order valence-corrected chi connectivity index (χ0v) is 12.3. The highest BCUT2D eigenvalue weighted by Crippen LogP contribution is 2.29. The Balaban J connectivity index is 1.84. The Labute approximate surface area is 124 Å². The van der Waals surface area contributed by atoms with Gasteiger partial charge in [-0.1, -0.05) is 29.8 Å². The second-order valence-electron chi connectivity index (χ2n) is 5.21. The molecule has 0 aliphatic carbocycles. The third-order valence-electron chi connectivity index (χ3n) is 3.90. The van der Waals surface area contributed by atoms with Crippen LogP contribution < -0.4 is 5.32 Å². The molecule has 1 aliphatic rings. The molecule has 106 valence electrons. The lowest BCUT2D eigenvalue weighted by Gasteiger charge is -2.36. The van der Waals surface area contributed by atoms with Crippen molar-refractivity contribution in [3.8, 4) is 0 Å². The summed E-state index contributed by atoms with van der Waals surface area (Å²) in [5.74, 6) is 0. The Morgan fingerprint density at radius 1 is 1.40 bits per heavy atom. The highest BCUT2D eigenvalue weighted by molar-refractivity contribution is 6.31. The van der Waals surface area contributed by atoms with E-state index < -0.39 is 0 Å². The van der Waals surface area contributed by atoms with Crippen molar-refractivity contribution in [2.75, 3.05) is 19.6 Å². The van der Waals surface area contributed by atoms with E-state index in [-0.39, 0.29) is 0 Å². The number of aryl methyl sites for hydroxylation is 1. The molecule has 0 bridgehead atoms. The zero-order valence-electron chi connectivity index (χ0n) is 11.6. The third-order valence-corrected chi connectivity index (χ3v) is 4.24.